The van der Waals surface area contributed by atoms with Gasteiger partial charge in [-0.1, -0.05) is 18.3 Å². The van der Waals surface area contributed by atoms with Gasteiger partial charge in [0.2, 0.25) is 5.91 Å². The summed E-state index contributed by atoms with van der Waals surface area (Å²) in [7, 11) is 0. The Labute approximate surface area is 82.3 Å². The van der Waals surface area contributed by atoms with Crippen LogP contribution in [0.2, 0.25) is 0 Å². The molecule has 0 unspecified atom stereocenters. The van der Waals surface area contributed by atoms with Crippen LogP contribution in [-0.4, -0.2) is 29.7 Å². The Balaban J connectivity index is 3.58. The topological polar surface area (TPSA) is 61.4 Å². The summed E-state index contributed by atoms with van der Waals surface area (Å²) in [6, 6.07) is 0. The Hall–Kier alpha value is -1.20. The quantitative estimate of drug-likeness (QED) is 0.313. The Morgan fingerprint density at radius 1 is 1.46 bits per heavy atom. The standard InChI is InChI=1S/C8H12N2O2S/c11-6-5-10-8(12)3-1-2-4-9-7-13/h1-4,7,11H,5-6H2,(H,9,13)(H,10,12)/b3-1+,4-2-. The van der Waals surface area contributed by atoms with Gasteiger partial charge < -0.3 is 15.7 Å². The van der Waals surface area contributed by atoms with Crippen molar-refractivity contribution in [3.05, 3.63) is 24.4 Å². The molecule has 0 aliphatic carbocycles. The number of aliphatic hydroxyl groups excluding tert-OH is 1. The van der Waals surface area contributed by atoms with Crippen molar-refractivity contribution < 1.29 is 9.90 Å². The van der Waals surface area contributed by atoms with Crippen molar-refractivity contribution in [3.8, 4) is 0 Å². The molecule has 0 saturated carbocycles. The third-order valence-electron chi connectivity index (χ3n) is 1.03. The van der Waals surface area contributed by atoms with Gasteiger partial charge in [0.05, 0.1) is 12.1 Å². The fourth-order valence-corrected chi connectivity index (χ4v) is 0.610. The van der Waals surface area contributed by atoms with Crippen LogP contribution < -0.4 is 10.6 Å². The second-order valence-electron chi connectivity index (χ2n) is 2.02. The summed E-state index contributed by atoms with van der Waals surface area (Å²) < 4.78 is 0. The minimum atomic E-state index is -0.235. The van der Waals surface area contributed by atoms with Gasteiger partial charge in [-0.05, 0) is 6.08 Å². The van der Waals surface area contributed by atoms with Crippen molar-refractivity contribution in [1.29, 1.82) is 0 Å². The molecule has 5 heteroatoms. The molecule has 0 fully saturated rings. The highest BCUT2D eigenvalue weighted by atomic mass is 32.1. The molecule has 0 aliphatic rings. The molecule has 0 aliphatic heterocycles. The van der Waals surface area contributed by atoms with E-state index in [9.17, 15) is 4.79 Å². The number of rotatable bonds is 6. The first-order valence-electron chi connectivity index (χ1n) is 3.73. The zero-order valence-corrected chi connectivity index (χ0v) is 7.88. The molecule has 0 bridgehead atoms. The number of hydrogen-bond donors (Lipinski definition) is 3. The normalized spacial score (nSPS) is 10.5. The molecular formula is C8H12N2O2S. The van der Waals surface area contributed by atoms with Gasteiger partial charge in [-0.3, -0.25) is 4.79 Å². The molecule has 0 atom stereocenters. The molecule has 13 heavy (non-hydrogen) atoms. The van der Waals surface area contributed by atoms with Crippen LogP contribution in [-0.2, 0) is 4.79 Å². The van der Waals surface area contributed by atoms with E-state index >= 15 is 0 Å². The van der Waals surface area contributed by atoms with Crippen LogP contribution in [0, 0.1) is 0 Å². The highest BCUT2D eigenvalue weighted by molar-refractivity contribution is 7.78. The summed E-state index contributed by atoms with van der Waals surface area (Å²) in [5.74, 6) is -0.235. The van der Waals surface area contributed by atoms with Gasteiger partial charge in [0.25, 0.3) is 0 Å². The van der Waals surface area contributed by atoms with Crippen LogP contribution in [0.5, 0.6) is 0 Å². The molecule has 4 nitrogen and oxygen atoms in total. The van der Waals surface area contributed by atoms with E-state index in [-0.39, 0.29) is 19.1 Å². The van der Waals surface area contributed by atoms with E-state index in [1.807, 2.05) is 0 Å². The highest BCUT2D eigenvalue weighted by Gasteiger charge is 1.89. The number of carbonyl (C=O) groups excluding carboxylic acids is 1. The van der Waals surface area contributed by atoms with Crippen molar-refractivity contribution in [2.45, 2.75) is 0 Å². The first kappa shape index (κ1) is 11.8. The average Bonchev–Trinajstić information content (AvgIpc) is 2.14. The molecule has 0 aromatic carbocycles. The fourth-order valence-electron chi connectivity index (χ4n) is 0.531. The summed E-state index contributed by atoms with van der Waals surface area (Å²) in [5.41, 5.74) is 1.36. The van der Waals surface area contributed by atoms with Gasteiger partial charge in [-0.2, -0.15) is 0 Å². The molecule has 0 heterocycles. The number of allylic oxidation sites excluding steroid dienone is 2. The molecule has 72 valence electrons. The summed E-state index contributed by atoms with van der Waals surface area (Å²) in [6.45, 7) is 0.215. The SMILES string of the molecule is O=C(/C=C/C=C\NC=S)NCCO. The average molecular weight is 200 g/mol. The number of aliphatic hydroxyl groups is 1. The minimum Gasteiger partial charge on any atom is -0.395 e. The maximum absolute atomic E-state index is 10.8. The molecule has 0 aromatic rings. The van der Waals surface area contributed by atoms with Crippen LogP contribution >= 0.6 is 12.2 Å². The third kappa shape index (κ3) is 8.71. The number of carbonyl (C=O) groups is 1. The van der Waals surface area contributed by atoms with Crippen LogP contribution in [0.1, 0.15) is 0 Å². The molecule has 0 rings (SSSR count). The Kier molecular flexibility index (Phi) is 8.07. The van der Waals surface area contributed by atoms with Crippen LogP contribution in [0.25, 0.3) is 0 Å². The third-order valence-corrected chi connectivity index (χ3v) is 1.17. The largest absolute Gasteiger partial charge is 0.395 e. The second-order valence-corrected chi connectivity index (χ2v) is 2.25. The predicted octanol–water partition coefficient (Wildman–Crippen LogP) is -0.288. The Morgan fingerprint density at radius 3 is 2.85 bits per heavy atom. The van der Waals surface area contributed by atoms with Gasteiger partial charge >= 0.3 is 0 Å². The molecule has 0 spiro atoms. The molecule has 0 radical (unpaired) electrons. The van der Waals surface area contributed by atoms with E-state index in [1.54, 1.807) is 18.4 Å². The fraction of sp³-hybridized carbons (Fsp3) is 0.250. The van der Waals surface area contributed by atoms with Crippen molar-refractivity contribution in [3.63, 3.8) is 0 Å². The lowest BCUT2D eigenvalue weighted by molar-refractivity contribution is -0.116. The number of hydrogen-bond acceptors (Lipinski definition) is 3. The summed E-state index contributed by atoms with van der Waals surface area (Å²) in [4.78, 5) is 10.8. The van der Waals surface area contributed by atoms with Crippen molar-refractivity contribution in [2.75, 3.05) is 13.2 Å². The van der Waals surface area contributed by atoms with E-state index in [4.69, 9.17) is 5.11 Å². The van der Waals surface area contributed by atoms with E-state index in [0.717, 1.165) is 0 Å². The van der Waals surface area contributed by atoms with Gasteiger partial charge in [0.1, 0.15) is 0 Å². The lowest BCUT2D eigenvalue weighted by atomic mass is 10.4. The smallest absolute Gasteiger partial charge is 0.244 e. The van der Waals surface area contributed by atoms with Crippen LogP contribution in [0.3, 0.4) is 0 Å². The Bertz CT molecular complexity index is 214. The number of nitrogens with one attached hydrogen (secondary N) is 2. The maximum atomic E-state index is 10.8. The maximum Gasteiger partial charge on any atom is 0.244 e. The summed E-state index contributed by atoms with van der Waals surface area (Å²) in [6.07, 6.45) is 6.17. The lowest BCUT2D eigenvalue weighted by Gasteiger charge is -1.95. The van der Waals surface area contributed by atoms with Crippen molar-refractivity contribution in [1.82, 2.24) is 10.6 Å². The predicted molar refractivity (Wildman–Crippen MR) is 55.2 cm³/mol. The van der Waals surface area contributed by atoms with E-state index < -0.39 is 0 Å². The molecule has 1 amide bonds. The molecule has 0 saturated heterocycles. The van der Waals surface area contributed by atoms with Gasteiger partial charge in [0, 0.05) is 18.8 Å². The molecule has 0 aromatic heterocycles. The first-order valence-corrected chi connectivity index (χ1v) is 4.20. The number of amides is 1. The van der Waals surface area contributed by atoms with E-state index in [1.165, 1.54) is 11.6 Å². The summed E-state index contributed by atoms with van der Waals surface area (Å²) in [5, 5.41) is 13.5. The lowest BCUT2D eigenvalue weighted by Crippen LogP contribution is -2.24. The van der Waals surface area contributed by atoms with Crippen molar-refractivity contribution in [2.24, 2.45) is 0 Å². The zero-order valence-electron chi connectivity index (χ0n) is 7.06. The van der Waals surface area contributed by atoms with E-state index in [0.29, 0.717) is 0 Å². The molecular weight excluding hydrogens is 188 g/mol. The minimum absolute atomic E-state index is 0.0537. The highest BCUT2D eigenvalue weighted by Crippen LogP contribution is 1.75. The zero-order chi connectivity index (χ0) is 9.94. The van der Waals surface area contributed by atoms with Crippen LogP contribution in [0.4, 0.5) is 0 Å². The second kappa shape index (κ2) is 8.89. The van der Waals surface area contributed by atoms with E-state index in [2.05, 4.69) is 22.9 Å². The van der Waals surface area contributed by atoms with Crippen LogP contribution in [0.15, 0.2) is 24.4 Å². The Morgan fingerprint density at radius 2 is 2.23 bits per heavy atom. The molecule has 3 N–H and O–H groups in total. The van der Waals surface area contributed by atoms with Crippen molar-refractivity contribution >= 4 is 23.6 Å². The van der Waals surface area contributed by atoms with Gasteiger partial charge in [-0.25, -0.2) is 0 Å². The summed E-state index contributed by atoms with van der Waals surface area (Å²) >= 11 is 4.49. The van der Waals surface area contributed by atoms with Gasteiger partial charge in [-0.15, -0.1) is 0 Å². The number of thiocarbonyl (C=S) groups is 1. The van der Waals surface area contributed by atoms with Gasteiger partial charge in [0.15, 0.2) is 0 Å². The first-order chi connectivity index (χ1) is 6.31. The monoisotopic (exact) mass is 200 g/mol.